The molecule has 146 valence electrons. The van der Waals surface area contributed by atoms with Crippen molar-refractivity contribution in [1.82, 2.24) is 9.78 Å². The molecule has 2 fully saturated rings. The van der Waals surface area contributed by atoms with Crippen molar-refractivity contribution >= 4 is 17.6 Å². The predicted molar refractivity (Wildman–Crippen MR) is 109 cm³/mol. The van der Waals surface area contributed by atoms with E-state index in [1.165, 1.54) is 0 Å². The molecule has 0 spiro atoms. The van der Waals surface area contributed by atoms with Crippen LogP contribution in [0.3, 0.4) is 0 Å². The Morgan fingerprint density at radius 2 is 1.76 bits per heavy atom. The number of hydrogen-bond donors (Lipinski definition) is 0. The molecule has 1 amide bonds. The predicted octanol–water partition coefficient (Wildman–Crippen LogP) is 4.10. The minimum absolute atomic E-state index is 0.133. The van der Waals surface area contributed by atoms with Crippen LogP contribution >= 0.6 is 0 Å². The first-order valence-corrected chi connectivity index (χ1v) is 9.97. The Morgan fingerprint density at radius 3 is 2.41 bits per heavy atom. The highest BCUT2D eigenvalue weighted by Gasteiger charge is 2.29. The maximum Gasteiger partial charge on any atom is 0.362 e. The van der Waals surface area contributed by atoms with Crippen molar-refractivity contribution in [1.29, 1.82) is 0 Å². The van der Waals surface area contributed by atoms with Gasteiger partial charge in [0, 0.05) is 24.6 Å². The van der Waals surface area contributed by atoms with Crippen LogP contribution in [-0.2, 0) is 4.79 Å². The number of amides is 1. The second-order valence-electron chi connectivity index (χ2n) is 7.51. The molecule has 0 atom stereocenters. The number of para-hydroxylation sites is 1. The van der Waals surface area contributed by atoms with Crippen molar-refractivity contribution in [2.75, 3.05) is 11.4 Å². The van der Waals surface area contributed by atoms with E-state index in [9.17, 15) is 9.59 Å². The van der Waals surface area contributed by atoms with Crippen LogP contribution in [0.25, 0.3) is 5.69 Å². The van der Waals surface area contributed by atoms with Gasteiger partial charge in [-0.05, 0) is 61.7 Å². The highest BCUT2D eigenvalue weighted by Crippen LogP contribution is 2.40. The number of carbonyl (C=O) groups is 2. The van der Waals surface area contributed by atoms with E-state index in [0.717, 1.165) is 42.9 Å². The van der Waals surface area contributed by atoms with E-state index >= 15 is 0 Å². The Hall–Kier alpha value is -3.41. The van der Waals surface area contributed by atoms with Gasteiger partial charge in [0.15, 0.2) is 5.69 Å². The third-order valence-electron chi connectivity index (χ3n) is 5.37. The molecule has 0 unspecified atom stereocenters. The molecule has 1 saturated carbocycles. The standard InChI is InChI=1S/C23H21N3O3/c27-22-7-4-14-25(22)17-10-12-19(13-11-17)29-23(28)21-15-20(16-8-9-16)24-26(21)18-5-2-1-3-6-18/h1-3,5-6,10-13,15-16H,4,7-9,14H2. The second-order valence-corrected chi connectivity index (χ2v) is 7.51. The molecule has 0 radical (unpaired) electrons. The molecule has 2 aromatic carbocycles. The highest BCUT2D eigenvalue weighted by atomic mass is 16.5. The summed E-state index contributed by atoms with van der Waals surface area (Å²) in [5.74, 6) is 0.565. The Morgan fingerprint density at radius 1 is 1.00 bits per heavy atom. The first-order valence-electron chi connectivity index (χ1n) is 9.97. The summed E-state index contributed by atoms with van der Waals surface area (Å²) >= 11 is 0. The van der Waals surface area contributed by atoms with Gasteiger partial charge in [0.25, 0.3) is 0 Å². The Bertz CT molecular complexity index is 1050. The fraction of sp³-hybridized carbons (Fsp3) is 0.261. The Balaban J connectivity index is 1.39. The van der Waals surface area contributed by atoms with Gasteiger partial charge in [0.2, 0.25) is 5.91 Å². The molecule has 6 heteroatoms. The molecular formula is C23H21N3O3. The number of esters is 1. The summed E-state index contributed by atoms with van der Waals surface area (Å²) in [5, 5.41) is 4.65. The largest absolute Gasteiger partial charge is 0.422 e. The molecule has 1 aromatic heterocycles. The lowest BCUT2D eigenvalue weighted by atomic mass is 10.2. The van der Waals surface area contributed by atoms with E-state index in [2.05, 4.69) is 5.10 Å². The number of anilines is 1. The van der Waals surface area contributed by atoms with Gasteiger partial charge in [-0.25, -0.2) is 9.48 Å². The van der Waals surface area contributed by atoms with Gasteiger partial charge >= 0.3 is 5.97 Å². The van der Waals surface area contributed by atoms with Crippen LogP contribution in [0.15, 0.2) is 60.7 Å². The monoisotopic (exact) mass is 387 g/mol. The van der Waals surface area contributed by atoms with Crippen molar-refractivity contribution in [3.05, 3.63) is 72.1 Å². The number of carbonyl (C=O) groups excluding carboxylic acids is 2. The first-order chi connectivity index (χ1) is 14.2. The zero-order valence-electron chi connectivity index (χ0n) is 16.0. The lowest BCUT2D eigenvalue weighted by Gasteiger charge is -2.15. The lowest BCUT2D eigenvalue weighted by molar-refractivity contribution is -0.117. The zero-order valence-corrected chi connectivity index (χ0v) is 16.0. The quantitative estimate of drug-likeness (QED) is 0.488. The van der Waals surface area contributed by atoms with Gasteiger partial charge < -0.3 is 9.64 Å². The molecule has 2 heterocycles. The number of rotatable bonds is 5. The number of hydrogen-bond acceptors (Lipinski definition) is 4. The van der Waals surface area contributed by atoms with E-state index < -0.39 is 5.97 Å². The fourth-order valence-electron chi connectivity index (χ4n) is 3.66. The van der Waals surface area contributed by atoms with E-state index in [1.807, 2.05) is 48.5 Å². The van der Waals surface area contributed by atoms with Gasteiger partial charge in [0.1, 0.15) is 5.75 Å². The Kier molecular flexibility index (Phi) is 4.39. The van der Waals surface area contributed by atoms with Crippen molar-refractivity contribution in [3.63, 3.8) is 0 Å². The van der Waals surface area contributed by atoms with Crippen LogP contribution < -0.4 is 9.64 Å². The molecule has 6 nitrogen and oxygen atoms in total. The molecule has 1 saturated heterocycles. The van der Waals surface area contributed by atoms with Crippen molar-refractivity contribution < 1.29 is 14.3 Å². The zero-order chi connectivity index (χ0) is 19.8. The molecule has 2 aliphatic rings. The fourth-order valence-corrected chi connectivity index (χ4v) is 3.66. The maximum atomic E-state index is 12.9. The van der Waals surface area contributed by atoms with E-state index in [0.29, 0.717) is 23.8 Å². The topological polar surface area (TPSA) is 64.4 Å². The normalized spacial score (nSPS) is 16.3. The number of benzene rings is 2. The molecule has 0 N–H and O–H groups in total. The summed E-state index contributed by atoms with van der Waals surface area (Å²) < 4.78 is 7.28. The maximum absolute atomic E-state index is 12.9. The molecule has 1 aliphatic carbocycles. The lowest BCUT2D eigenvalue weighted by Crippen LogP contribution is -2.23. The summed E-state index contributed by atoms with van der Waals surface area (Å²) in [6, 6.07) is 18.5. The van der Waals surface area contributed by atoms with Crippen LogP contribution in [0.4, 0.5) is 5.69 Å². The van der Waals surface area contributed by atoms with E-state index in [-0.39, 0.29) is 5.91 Å². The van der Waals surface area contributed by atoms with Crippen LogP contribution in [0.2, 0.25) is 0 Å². The Labute approximate surface area is 168 Å². The molecule has 1 aliphatic heterocycles. The van der Waals surface area contributed by atoms with E-state index in [1.54, 1.807) is 21.7 Å². The molecule has 3 aromatic rings. The number of nitrogens with zero attached hydrogens (tertiary/aromatic N) is 3. The summed E-state index contributed by atoms with van der Waals surface area (Å²) in [6.07, 6.45) is 3.68. The average molecular weight is 387 g/mol. The molecular weight excluding hydrogens is 366 g/mol. The summed E-state index contributed by atoms with van der Waals surface area (Å²) in [5.41, 5.74) is 3.01. The van der Waals surface area contributed by atoms with Gasteiger partial charge in [-0.1, -0.05) is 18.2 Å². The molecule has 29 heavy (non-hydrogen) atoms. The average Bonchev–Trinajstić information content (AvgIpc) is 3.35. The van der Waals surface area contributed by atoms with Crippen LogP contribution in [-0.4, -0.2) is 28.2 Å². The second kappa shape index (κ2) is 7.20. The van der Waals surface area contributed by atoms with Gasteiger partial charge in [-0.3, -0.25) is 4.79 Å². The number of aromatic nitrogens is 2. The summed E-state index contributed by atoms with van der Waals surface area (Å²) in [4.78, 5) is 26.6. The van der Waals surface area contributed by atoms with Crippen LogP contribution in [0, 0.1) is 0 Å². The van der Waals surface area contributed by atoms with Gasteiger partial charge in [-0.2, -0.15) is 5.10 Å². The summed E-state index contributed by atoms with van der Waals surface area (Å²) in [6.45, 7) is 0.734. The van der Waals surface area contributed by atoms with Gasteiger partial charge in [-0.15, -0.1) is 0 Å². The SMILES string of the molecule is O=C(Oc1ccc(N2CCCC2=O)cc1)c1cc(C2CC2)nn1-c1ccccc1. The minimum Gasteiger partial charge on any atom is -0.422 e. The van der Waals surface area contributed by atoms with Crippen LogP contribution in [0.1, 0.15) is 47.8 Å². The molecule has 5 rings (SSSR count). The third kappa shape index (κ3) is 3.53. The van der Waals surface area contributed by atoms with Crippen LogP contribution in [0.5, 0.6) is 5.75 Å². The molecule has 0 bridgehead atoms. The van der Waals surface area contributed by atoms with E-state index in [4.69, 9.17) is 4.74 Å². The highest BCUT2D eigenvalue weighted by molar-refractivity contribution is 5.95. The van der Waals surface area contributed by atoms with Crippen molar-refractivity contribution in [3.8, 4) is 11.4 Å². The van der Waals surface area contributed by atoms with Crippen molar-refractivity contribution in [2.45, 2.75) is 31.6 Å². The number of ether oxygens (including phenoxy) is 1. The smallest absolute Gasteiger partial charge is 0.362 e. The first kappa shape index (κ1) is 17.7. The third-order valence-corrected chi connectivity index (χ3v) is 5.37. The van der Waals surface area contributed by atoms with Crippen molar-refractivity contribution in [2.24, 2.45) is 0 Å². The van der Waals surface area contributed by atoms with Gasteiger partial charge in [0.05, 0.1) is 11.4 Å². The summed E-state index contributed by atoms with van der Waals surface area (Å²) in [7, 11) is 0. The minimum atomic E-state index is -0.446.